The highest BCUT2D eigenvalue weighted by molar-refractivity contribution is 5.62. The van der Waals surface area contributed by atoms with Crippen LogP contribution in [0.4, 0.5) is 0 Å². The summed E-state index contributed by atoms with van der Waals surface area (Å²) < 4.78 is 5.30. The molecule has 19 heavy (non-hydrogen) atoms. The molecule has 0 saturated heterocycles. The average molecular weight is 254 g/mol. The Morgan fingerprint density at radius 3 is 2.63 bits per heavy atom. The van der Waals surface area contributed by atoms with Gasteiger partial charge in [-0.15, -0.1) is 0 Å². The minimum absolute atomic E-state index is 0.326. The van der Waals surface area contributed by atoms with Crippen LogP contribution in [0.3, 0.4) is 0 Å². The zero-order valence-corrected chi connectivity index (χ0v) is 11.3. The van der Waals surface area contributed by atoms with Gasteiger partial charge in [-0.3, -0.25) is 4.98 Å². The molecule has 0 radical (unpaired) electrons. The van der Waals surface area contributed by atoms with Gasteiger partial charge in [-0.1, -0.05) is 6.07 Å². The van der Waals surface area contributed by atoms with E-state index < -0.39 is 0 Å². The number of benzene rings is 1. The zero-order chi connectivity index (χ0) is 13.4. The number of hydrogen-bond acceptors (Lipinski definition) is 3. The molecular weight excluding hydrogens is 236 g/mol. The smallest absolute Gasteiger partial charge is 0.119 e. The van der Waals surface area contributed by atoms with Gasteiger partial charge in [0.15, 0.2) is 0 Å². The number of nitrogens with two attached hydrogens (primary N) is 1. The molecule has 3 nitrogen and oxygen atoms in total. The fourth-order valence-corrected chi connectivity index (χ4v) is 2.41. The Kier molecular flexibility index (Phi) is 2.99. The van der Waals surface area contributed by atoms with Crippen molar-refractivity contribution in [3.05, 3.63) is 47.7 Å². The van der Waals surface area contributed by atoms with Crippen molar-refractivity contribution in [2.75, 3.05) is 7.11 Å². The van der Waals surface area contributed by atoms with Crippen molar-refractivity contribution in [3.63, 3.8) is 0 Å². The molecule has 0 amide bonds. The number of aryl methyl sites for hydroxylation is 1. The number of aromatic nitrogens is 1. The lowest BCUT2D eigenvalue weighted by atomic mass is 10.1. The minimum atomic E-state index is 0.326. The maximum Gasteiger partial charge on any atom is 0.119 e. The molecule has 0 unspecified atom stereocenters. The maximum atomic E-state index is 5.86. The predicted octanol–water partition coefficient (Wildman–Crippen LogP) is 2.88. The number of nitrogens with zero attached hydrogens (tertiary/aromatic N) is 1. The molecule has 0 aliphatic heterocycles. The summed E-state index contributed by atoms with van der Waals surface area (Å²) in [4.78, 5) is 4.55. The van der Waals surface area contributed by atoms with Gasteiger partial charge in [0.1, 0.15) is 5.75 Å². The summed E-state index contributed by atoms with van der Waals surface area (Å²) >= 11 is 0. The summed E-state index contributed by atoms with van der Waals surface area (Å²) in [6, 6.07) is 10.7. The topological polar surface area (TPSA) is 48.1 Å². The van der Waals surface area contributed by atoms with Crippen LogP contribution >= 0.6 is 0 Å². The second-order valence-electron chi connectivity index (χ2n) is 5.22. The molecule has 1 aromatic heterocycles. The van der Waals surface area contributed by atoms with Crippen molar-refractivity contribution in [1.29, 1.82) is 0 Å². The summed E-state index contributed by atoms with van der Waals surface area (Å²) in [6.45, 7) is 2.06. The van der Waals surface area contributed by atoms with Gasteiger partial charge in [0.2, 0.25) is 0 Å². The van der Waals surface area contributed by atoms with E-state index in [0.717, 1.165) is 23.4 Å². The van der Waals surface area contributed by atoms with Gasteiger partial charge in [-0.2, -0.15) is 0 Å². The van der Waals surface area contributed by atoms with E-state index in [9.17, 15) is 0 Å². The van der Waals surface area contributed by atoms with Gasteiger partial charge >= 0.3 is 0 Å². The Bertz CT molecular complexity index is 592. The Morgan fingerprint density at radius 1 is 1.26 bits per heavy atom. The zero-order valence-electron chi connectivity index (χ0n) is 11.3. The summed E-state index contributed by atoms with van der Waals surface area (Å²) in [7, 11) is 1.68. The van der Waals surface area contributed by atoms with Crippen LogP contribution in [0.25, 0.3) is 11.3 Å². The fraction of sp³-hybridized carbons (Fsp3) is 0.312. The quantitative estimate of drug-likeness (QED) is 0.916. The molecule has 3 rings (SSSR count). The second kappa shape index (κ2) is 4.67. The predicted molar refractivity (Wildman–Crippen MR) is 76.3 cm³/mol. The van der Waals surface area contributed by atoms with Crippen LogP contribution in [0.15, 0.2) is 36.5 Å². The van der Waals surface area contributed by atoms with Crippen LogP contribution in [0, 0.1) is 6.92 Å². The van der Waals surface area contributed by atoms with Gasteiger partial charge in [-0.05, 0) is 48.7 Å². The lowest BCUT2D eigenvalue weighted by Crippen LogP contribution is -2.01. The molecule has 98 valence electrons. The van der Waals surface area contributed by atoms with Crippen molar-refractivity contribution in [1.82, 2.24) is 4.98 Å². The number of rotatable bonds is 3. The number of pyridine rings is 1. The van der Waals surface area contributed by atoms with Gasteiger partial charge < -0.3 is 10.5 Å². The Morgan fingerprint density at radius 2 is 2.05 bits per heavy atom. The molecule has 1 aliphatic rings. The van der Waals surface area contributed by atoms with Crippen molar-refractivity contribution < 1.29 is 4.74 Å². The molecule has 0 spiro atoms. The molecule has 1 heterocycles. The first kappa shape index (κ1) is 12.2. The van der Waals surface area contributed by atoms with Crippen LogP contribution in [0.1, 0.15) is 23.5 Å². The van der Waals surface area contributed by atoms with Crippen LogP contribution in [-0.4, -0.2) is 18.1 Å². The van der Waals surface area contributed by atoms with Crippen LogP contribution < -0.4 is 10.5 Å². The normalized spacial score (nSPS) is 21.2. The third kappa shape index (κ3) is 2.47. The highest BCUT2D eigenvalue weighted by atomic mass is 16.5. The van der Waals surface area contributed by atoms with E-state index in [1.807, 2.05) is 18.3 Å². The molecule has 1 saturated carbocycles. The van der Waals surface area contributed by atoms with Crippen LogP contribution in [-0.2, 0) is 0 Å². The van der Waals surface area contributed by atoms with E-state index in [-0.39, 0.29) is 0 Å². The Balaban J connectivity index is 1.91. The van der Waals surface area contributed by atoms with Gasteiger partial charge in [0, 0.05) is 23.7 Å². The van der Waals surface area contributed by atoms with Gasteiger partial charge in [0.25, 0.3) is 0 Å². The van der Waals surface area contributed by atoms with Crippen LogP contribution in [0.2, 0.25) is 0 Å². The first-order chi connectivity index (χ1) is 9.17. The lowest BCUT2D eigenvalue weighted by Gasteiger charge is -2.07. The third-order valence-electron chi connectivity index (χ3n) is 3.64. The second-order valence-corrected chi connectivity index (χ2v) is 5.22. The van der Waals surface area contributed by atoms with E-state index >= 15 is 0 Å². The lowest BCUT2D eigenvalue weighted by molar-refractivity contribution is 0.414. The number of hydrogen-bond donors (Lipinski definition) is 1. The molecule has 1 fully saturated rings. The first-order valence-corrected chi connectivity index (χ1v) is 6.55. The minimum Gasteiger partial charge on any atom is -0.497 e. The highest BCUT2D eigenvalue weighted by Gasteiger charge is 2.34. The average Bonchev–Trinajstić information content (AvgIpc) is 3.15. The molecular formula is C16H18N2O. The van der Waals surface area contributed by atoms with Crippen molar-refractivity contribution >= 4 is 0 Å². The molecule has 1 aliphatic carbocycles. The SMILES string of the molecule is COc1cc(C)cc(-c2ccc([C@H]3C[C@@H]3N)cn2)c1. The molecule has 2 N–H and O–H groups in total. The largest absolute Gasteiger partial charge is 0.497 e. The molecule has 1 aromatic carbocycles. The molecule has 2 aromatic rings. The van der Waals surface area contributed by atoms with Crippen molar-refractivity contribution in [3.8, 4) is 17.0 Å². The van der Waals surface area contributed by atoms with Crippen molar-refractivity contribution in [2.24, 2.45) is 5.73 Å². The van der Waals surface area contributed by atoms with E-state index in [1.165, 1.54) is 11.1 Å². The third-order valence-corrected chi connectivity index (χ3v) is 3.64. The fourth-order valence-electron chi connectivity index (χ4n) is 2.41. The first-order valence-electron chi connectivity index (χ1n) is 6.55. The molecule has 2 atom stereocenters. The summed E-state index contributed by atoms with van der Waals surface area (Å²) in [5.41, 5.74) is 10.3. The Hall–Kier alpha value is -1.87. The number of ether oxygens (including phenoxy) is 1. The molecule has 3 heteroatoms. The summed E-state index contributed by atoms with van der Waals surface area (Å²) in [5.74, 6) is 1.37. The standard InChI is InChI=1S/C16H18N2O/c1-10-5-12(7-13(6-10)19-2)16-4-3-11(9-18-16)14-8-15(14)17/h3-7,9,14-15H,8,17H2,1-2H3/t14-,15+/m1/s1. The van der Waals surface area contributed by atoms with E-state index in [4.69, 9.17) is 10.5 Å². The van der Waals surface area contributed by atoms with Gasteiger partial charge in [0.05, 0.1) is 12.8 Å². The van der Waals surface area contributed by atoms with Crippen molar-refractivity contribution in [2.45, 2.75) is 25.3 Å². The van der Waals surface area contributed by atoms with E-state index in [1.54, 1.807) is 7.11 Å². The summed E-state index contributed by atoms with van der Waals surface area (Å²) in [5, 5.41) is 0. The maximum absolute atomic E-state index is 5.86. The summed E-state index contributed by atoms with van der Waals surface area (Å²) in [6.07, 6.45) is 3.03. The van der Waals surface area contributed by atoms with Crippen LogP contribution in [0.5, 0.6) is 5.75 Å². The number of methoxy groups -OCH3 is 1. The Labute approximate surface area is 113 Å². The van der Waals surface area contributed by atoms with E-state index in [0.29, 0.717) is 12.0 Å². The highest BCUT2D eigenvalue weighted by Crippen LogP contribution is 2.39. The van der Waals surface area contributed by atoms with E-state index in [2.05, 4.69) is 30.1 Å². The van der Waals surface area contributed by atoms with Gasteiger partial charge in [-0.25, -0.2) is 0 Å². The monoisotopic (exact) mass is 254 g/mol. The molecule has 0 bridgehead atoms.